The van der Waals surface area contributed by atoms with Gasteiger partial charge in [-0.05, 0) is 60.7 Å². The van der Waals surface area contributed by atoms with Crippen molar-refractivity contribution in [2.45, 2.75) is 26.7 Å². The van der Waals surface area contributed by atoms with Crippen molar-refractivity contribution in [3.8, 4) is 11.5 Å². The number of nitrogens with two attached hydrogens (primary N) is 1. The molecule has 2 rings (SSSR count). The molecule has 0 aliphatic carbocycles. The van der Waals surface area contributed by atoms with Crippen LogP contribution >= 0.6 is 0 Å². The second-order valence-corrected chi connectivity index (χ2v) is 5.25. The monoisotopic (exact) mass is 255 g/mol. The summed E-state index contributed by atoms with van der Waals surface area (Å²) in [6, 6.07) is 15.7. The van der Waals surface area contributed by atoms with Gasteiger partial charge in [0.25, 0.3) is 0 Å². The fourth-order valence-corrected chi connectivity index (χ4v) is 1.85. The van der Waals surface area contributed by atoms with Crippen LogP contribution in [0.5, 0.6) is 11.5 Å². The second kappa shape index (κ2) is 6.28. The molecule has 0 aliphatic heterocycles. The molecule has 100 valence electrons. The highest BCUT2D eigenvalue weighted by Crippen LogP contribution is 2.23. The van der Waals surface area contributed by atoms with E-state index in [9.17, 15) is 0 Å². The Morgan fingerprint density at radius 3 is 1.95 bits per heavy atom. The van der Waals surface area contributed by atoms with Crippen LogP contribution in [0, 0.1) is 5.92 Å². The Bertz CT molecular complexity index is 500. The fraction of sp³-hybridized carbons (Fsp3) is 0.294. The number of rotatable bonds is 5. The summed E-state index contributed by atoms with van der Waals surface area (Å²) >= 11 is 0. The zero-order valence-corrected chi connectivity index (χ0v) is 11.6. The molecule has 2 aromatic carbocycles. The van der Waals surface area contributed by atoms with Crippen LogP contribution in [0.25, 0.3) is 0 Å². The van der Waals surface area contributed by atoms with Crippen LogP contribution in [0.1, 0.15) is 25.8 Å². The minimum atomic E-state index is 0.741. The van der Waals surface area contributed by atoms with Crippen molar-refractivity contribution in [1.29, 1.82) is 0 Å². The van der Waals surface area contributed by atoms with Crippen molar-refractivity contribution in [1.82, 2.24) is 0 Å². The predicted octanol–water partition coefficient (Wildman–Crippen LogP) is 4.65. The first-order chi connectivity index (χ1) is 9.13. The Hall–Kier alpha value is -1.96. The number of hydrogen-bond acceptors (Lipinski definition) is 2. The Morgan fingerprint density at radius 1 is 0.895 bits per heavy atom. The number of ether oxygens (including phenoxy) is 1. The summed E-state index contributed by atoms with van der Waals surface area (Å²) in [6.07, 6.45) is 2.35. The molecule has 0 spiro atoms. The summed E-state index contributed by atoms with van der Waals surface area (Å²) in [4.78, 5) is 0. The van der Waals surface area contributed by atoms with E-state index in [1.165, 1.54) is 12.0 Å². The highest BCUT2D eigenvalue weighted by molar-refractivity contribution is 5.43. The fourth-order valence-electron chi connectivity index (χ4n) is 1.85. The molecule has 0 radical (unpaired) electrons. The predicted molar refractivity (Wildman–Crippen MR) is 80.5 cm³/mol. The smallest absolute Gasteiger partial charge is 0.127 e. The Kier molecular flexibility index (Phi) is 4.45. The van der Waals surface area contributed by atoms with Gasteiger partial charge in [-0.1, -0.05) is 26.0 Å². The topological polar surface area (TPSA) is 35.2 Å². The third-order valence-corrected chi connectivity index (χ3v) is 3.05. The van der Waals surface area contributed by atoms with Crippen LogP contribution in [0.2, 0.25) is 0 Å². The molecule has 0 unspecified atom stereocenters. The molecule has 0 aromatic heterocycles. The van der Waals surface area contributed by atoms with E-state index >= 15 is 0 Å². The number of nitrogen functional groups attached to an aromatic ring is 1. The molecule has 2 nitrogen and oxygen atoms in total. The highest BCUT2D eigenvalue weighted by atomic mass is 16.5. The molecule has 0 amide bonds. The van der Waals surface area contributed by atoms with Gasteiger partial charge < -0.3 is 10.5 Å². The molecule has 0 bridgehead atoms. The summed E-state index contributed by atoms with van der Waals surface area (Å²) < 4.78 is 5.76. The van der Waals surface area contributed by atoms with Gasteiger partial charge in [-0.3, -0.25) is 0 Å². The summed E-state index contributed by atoms with van der Waals surface area (Å²) in [6.45, 7) is 4.50. The lowest BCUT2D eigenvalue weighted by atomic mass is 10.0. The highest BCUT2D eigenvalue weighted by Gasteiger charge is 2.00. The number of benzene rings is 2. The van der Waals surface area contributed by atoms with Crippen LogP contribution in [-0.2, 0) is 6.42 Å². The van der Waals surface area contributed by atoms with Crippen molar-refractivity contribution in [2.75, 3.05) is 5.73 Å². The van der Waals surface area contributed by atoms with E-state index in [1.54, 1.807) is 0 Å². The second-order valence-electron chi connectivity index (χ2n) is 5.25. The SMILES string of the molecule is CC(C)CCc1ccc(Oc2ccc(N)cc2)cc1. The van der Waals surface area contributed by atoms with Gasteiger partial charge in [0.1, 0.15) is 11.5 Å². The maximum atomic E-state index is 5.76. The van der Waals surface area contributed by atoms with Gasteiger partial charge in [-0.2, -0.15) is 0 Å². The Balaban J connectivity index is 1.96. The summed E-state index contributed by atoms with van der Waals surface area (Å²) in [5.41, 5.74) is 7.75. The van der Waals surface area contributed by atoms with Gasteiger partial charge in [0.2, 0.25) is 0 Å². The minimum absolute atomic E-state index is 0.741. The van der Waals surface area contributed by atoms with Gasteiger partial charge in [0.15, 0.2) is 0 Å². The van der Waals surface area contributed by atoms with Gasteiger partial charge in [0, 0.05) is 5.69 Å². The third-order valence-electron chi connectivity index (χ3n) is 3.05. The number of aryl methyl sites for hydroxylation is 1. The van der Waals surface area contributed by atoms with E-state index in [-0.39, 0.29) is 0 Å². The number of hydrogen-bond donors (Lipinski definition) is 1. The maximum absolute atomic E-state index is 5.76. The van der Waals surface area contributed by atoms with E-state index in [4.69, 9.17) is 10.5 Å². The molecular weight excluding hydrogens is 234 g/mol. The van der Waals surface area contributed by atoms with Crippen LogP contribution in [0.3, 0.4) is 0 Å². The van der Waals surface area contributed by atoms with Gasteiger partial charge in [-0.25, -0.2) is 0 Å². The van der Waals surface area contributed by atoms with Crippen LogP contribution in [0.4, 0.5) is 5.69 Å². The lowest BCUT2D eigenvalue weighted by Crippen LogP contribution is -1.92. The standard InChI is InChI=1S/C17H21NO/c1-13(2)3-4-14-5-9-16(10-6-14)19-17-11-7-15(18)8-12-17/h5-13H,3-4,18H2,1-2H3. The van der Waals surface area contributed by atoms with E-state index < -0.39 is 0 Å². The summed E-state index contributed by atoms with van der Waals surface area (Å²) in [5.74, 6) is 2.41. The molecule has 0 heterocycles. The number of anilines is 1. The average molecular weight is 255 g/mol. The molecular formula is C17H21NO. The summed E-state index contributed by atoms with van der Waals surface area (Å²) in [5, 5.41) is 0. The van der Waals surface area contributed by atoms with Crippen molar-refractivity contribution >= 4 is 5.69 Å². The van der Waals surface area contributed by atoms with Crippen LogP contribution in [0.15, 0.2) is 48.5 Å². The normalized spacial score (nSPS) is 10.7. The Labute approximate surface area is 115 Å². The van der Waals surface area contributed by atoms with Gasteiger partial charge >= 0.3 is 0 Å². The minimum Gasteiger partial charge on any atom is -0.457 e. The largest absolute Gasteiger partial charge is 0.457 e. The zero-order chi connectivity index (χ0) is 13.7. The molecule has 0 atom stereocenters. The first kappa shape index (κ1) is 13.5. The van der Waals surface area contributed by atoms with Crippen LogP contribution < -0.4 is 10.5 Å². The van der Waals surface area contributed by atoms with E-state index in [0.717, 1.165) is 29.5 Å². The maximum Gasteiger partial charge on any atom is 0.127 e. The molecule has 2 aromatic rings. The molecule has 2 heteroatoms. The summed E-state index contributed by atoms with van der Waals surface area (Å²) in [7, 11) is 0. The third kappa shape index (κ3) is 4.32. The van der Waals surface area contributed by atoms with Crippen LogP contribution in [-0.4, -0.2) is 0 Å². The van der Waals surface area contributed by atoms with E-state index in [1.807, 2.05) is 36.4 Å². The van der Waals surface area contributed by atoms with E-state index in [2.05, 4.69) is 26.0 Å². The molecule has 2 N–H and O–H groups in total. The zero-order valence-electron chi connectivity index (χ0n) is 11.6. The molecule has 0 fully saturated rings. The van der Waals surface area contributed by atoms with Gasteiger partial charge in [0.05, 0.1) is 0 Å². The van der Waals surface area contributed by atoms with Crippen molar-refractivity contribution < 1.29 is 4.74 Å². The van der Waals surface area contributed by atoms with Crippen molar-refractivity contribution in [3.05, 3.63) is 54.1 Å². The van der Waals surface area contributed by atoms with Gasteiger partial charge in [-0.15, -0.1) is 0 Å². The molecule has 19 heavy (non-hydrogen) atoms. The first-order valence-electron chi connectivity index (χ1n) is 6.76. The molecule has 0 saturated heterocycles. The first-order valence-corrected chi connectivity index (χ1v) is 6.76. The molecule has 0 aliphatic rings. The van der Waals surface area contributed by atoms with Crippen molar-refractivity contribution in [2.24, 2.45) is 5.92 Å². The lowest BCUT2D eigenvalue weighted by Gasteiger charge is -2.08. The molecule has 0 saturated carbocycles. The average Bonchev–Trinajstić information content (AvgIpc) is 2.40. The van der Waals surface area contributed by atoms with Crippen molar-refractivity contribution in [3.63, 3.8) is 0 Å². The Morgan fingerprint density at radius 2 is 1.42 bits per heavy atom. The quantitative estimate of drug-likeness (QED) is 0.789. The van der Waals surface area contributed by atoms with E-state index in [0.29, 0.717) is 0 Å². The lowest BCUT2D eigenvalue weighted by molar-refractivity contribution is 0.482.